The molecule has 3 heterocycles. The largest absolute Gasteiger partial charge is 0.379 e. The Bertz CT molecular complexity index is 1250. The molecule has 0 aliphatic carbocycles. The van der Waals surface area contributed by atoms with Gasteiger partial charge < -0.3 is 4.74 Å². The van der Waals surface area contributed by atoms with E-state index < -0.39 is 0 Å². The number of carbonyl (C=O) groups is 3. The third-order valence-electron chi connectivity index (χ3n) is 5.98. The Hall–Kier alpha value is -2.56. The molecule has 11 heteroatoms. The van der Waals surface area contributed by atoms with Crippen LogP contribution in [0.5, 0.6) is 0 Å². The standard InChI is InChI=1S/C24H23ClN4O4S.ClH/c25-18-5-2-6-19-22(18)26-24(34-19)28(10-9-27-11-13-33-14-12-27)23(32)16-3-1-4-17(15-16)29-20(30)7-8-21(29)31;/h1-6,15H,7-14H2;1H. The number of morpholine rings is 1. The van der Waals surface area contributed by atoms with Crippen LogP contribution in [0.15, 0.2) is 42.5 Å². The van der Waals surface area contributed by atoms with Gasteiger partial charge in [0.2, 0.25) is 11.8 Å². The summed E-state index contributed by atoms with van der Waals surface area (Å²) in [5.74, 6) is -0.747. The fourth-order valence-corrected chi connectivity index (χ4v) is 5.46. The van der Waals surface area contributed by atoms with Crippen LogP contribution in [0.25, 0.3) is 10.2 Å². The van der Waals surface area contributed by atoms with Crippen LogP contribution < -0.4 is 9.80 Å². The van der Waals surface area contributed by atoms with Gasteiger partial charge in [0, 0.05) is 44.6 Å². The minimum atomic E-state index is -0.250. The van der Waals surface area contributed by atoms with Crippen LogP contribution in [0.3, 0.4) is 0 Å². The zero-order chi connectivity index (χ0) is 23.7. The number of aromatic nitrogens is 1. The summed E-state index contributed by atoms with van der Waals surface area (Å²) < 4.78 is 6.33. The van der Waals surface area contributed by atoms with Crippen molar-refractivity contribution in [3.8, 4) is 0 Å². The number of thiazole rings is 1. The van der Waals surface area contributed by atoms with Crippen LogP contribution in [0, 0.1) is 0 Å². The molecule has 0 radical (unpaired) electrons. The zero-order valence-corrected chi connectivity index (χ0v) is 21.2. The van der Waals surface area contributed by atoms with Crippen LogP contribution in [0.2, 0.25) is 5.02 Å². The van der Waals surface area contributed by atoms with Crippen molar-refractivity contribution in [1.82, 2.24) is 9.88 Å². The summed E-state index contributed by atoms with van der Waals surface area (Å²) in [6.07, 6.45) is 0.379. The molecular formula is C24H24Cl2N4O4S. The molecule has 1 aromatic heterocycles. The maximum Gasteiger partial charge on any atom is 0.260 e. The molecule has 3 amide bonds. The first-order valence-electron chi connectivity index (χ1n) is 11.1. The lowest BCUT2D eigenvalue weighted by Crippen LogP contribution is -2.43. The van der Waals surface area contributed by atoms with E-state index in [-0.39, 0.29) is 43.0 Å². The van der Waals surface area contributed by atoms with Crippen LogP contribution in [0.1, 0.15) is 23.2 Å². The molecule has 0 bridgehead atoms. The first-order chi connectivity index (χ1) is 16.5. The van der Waals surface area contributed by atoms with E-state index >= 15 is 0 Å². The van der Waals surface area contributed by atoms with Gasteiger partial charge in [0.15, 0.2) is 5.13 Å². The Balaban J connectivity index is 0.00000289. The molecule has 0 saturated carbocycles. The van der Waals surface area contributed by atoms with Crippen molar-refractivity contribution in [3.05, 3.63) is 53.1 Å². The van der Waals surface area contributed by atoms with E-state index in [1.165, 1.54) is 11.3 Å². The summed E-state index contributed by atoms with van der Waals surface area (Å²) in [7, 11) is 0. The lowest BCUT2D eigenvalue weighted by molar-refractivity contribution is -0.121. The van der Waals surface area contributed by atoms with E-state index in [9.17, 15) is 14.4 Å². The lowest BCUT2D eigenvalue weighted by atomic mass is 10.1. The number of hydrogen-bond acceptors (Lipinski definition) is 7. The number of hydrogen-bond donors (Lipinski definition) is 0. The van der Waals surface area contributed by atoms with Gasteiger partial charge in [-0.15, -0.1) is 12.4 Å². The minimum absolute atomic E-state index is 0. The molecule has 0 spiro atoms. The van der Waals surface area contributed by atoms with E-state index in [0.717, 1.165) is 22.7 Å². The second kappa shape index (κ2) is 11.0. The lowest BCUT2D eigenvalue weighted by Gasteiger charge is -2.29. The summed E-state index contributed by atoms with van der Waals surface area (Å²) in [6, 6.07) is 12.2. The summed E-state index contributed by atoms with van der Waals surface area (Å²) in [5.41, 5.74) is 1.46. The van der Waals surface area contributed by atoms with Crippen molar-refractivity contribution < 1.29 is 19.1 Å². The smallest absolute Gasteiger partial charge is 0.260 e. The van der Waals surface area contributed by atoms with Gasteiger partial charge in [0.05, 0.1) is 28.6 Å². The summed E-state index contributed by atoms with van der Waals surface area (Å²) in [6.45, 7) is 4.06. The van der Waals surface area contributed by atoms with Gasteiger partial charge in [-0.1, -0.05) is 35.1 Å². The Kier molecular flexibility index (Phi) is 8.03. The number of nitrogens with zero attached hydrogens (tertiary/aromatic N) is 4. The average molecular weight is 535 g/mol. The molecule has 2 aliphatic heterocycles. The molecule has 184 valence electrons. The van der Waals surface area contributed by atoms with Crippen molar-refractivity contribution in [2.24, 2.45) is 0 Å². The molecule has 8 nitrogen and oxygen atoms in total. The van der Waals surface area contributed by atoms with Gasteiger partial charge in [0.1, 0.15) is 5.52 Å². The number of rotatable bonds is 6. The fourth-order valence-electron chi connectivity index (χ4n) is 4.17. The molecule has 0 atom stereocenters. The molecule has 2 aromatic carbocycles. The first kappa shape index (κ1) is 25.5. The van der Waals surface area contributed by atoms with Crippen molar-refractivity contribution in [2.75, 3.05) is 49.2 Å². The van der Waals surface area contributed by atoms with Gasteiger partial charge in [-0.3, -0.25) is 29.1 Å². The number of halogens is 2. The van der Waals surface area contributed by atoms with Gasteiger partial charge >= 0.3 is 0 Å². The van der Waals surface area contributed by atoms with Crippen molar-refractivity contribution in [1.29, 1.82) is 0 Å². The highest BCUT2D eigenvalue weighted by Crippen LogP contribution is 2.34. The predicted molar refractivity (Wildman–Crippen MR) is 139 cm³/mol. The third-order valence-corrected chi connectivity index (χ3v) is 7.33. The SMILES string of the molecule is Cl.O=C(c1cccc(N2C(=O)CCC2=O)c1)N(CCN1CCOCC1)c1nc2c(Cl)cccc2s1. The van der Waals surface area contributed by atoms with Crippen LogP contribution in [0.4, 0.5) is 10.8 Å². The second-order valence-corrected chi connectivity index (χ2v) is 9.58. The van der Waals surface area contributed by atoms with E-state index in [2.05, 4.69) is 9.88 Å². The highest BCUT2D eigenvalue weighted by atomic mass is 35.5. The molecule has 2 saturated heterocycles. The van der Waals surface area contributed by atoms with E-state index in [1.54, 1.807) is 35.2 Å². The van der Waals surface area contributed by atoms with Crippen molar-refractivity contribution in [2.45, 2.75) is 12.8 Å². The first-order valence-corrected chi connectivity index (χ1v) is 12.3. The number of benzene rings is 2. The maximum absolute atomic E-state index is 13.7. The topological polar surface area (TPSA) is 83.1 Å². The number of para-hydroxylation sites is 1. The van der Waals surface area contributed by atoms with Crippen LogP contribution >= 0.6 is 35.3 Å². The molecule has 0 unspecified atom stereocenters. The normalized spacial score (nSPS) is 16.5. The number of amides is 3. The molecule has 2 fully saturated rings. The van der Waals surface area contributed by atoms with E-state index in [0.29, 0.717) is 53.2 Å². The summed E-state index contributed by atoms with van der Waals surface area (Å²) in [5, 5.41) is 1.09. The molecule has 0 N–H and O–H groups in total. The molecule has 35 heavy (non-hydrogen) atoms. The van der Waals surface area contributed by atoms with Crippen LogP contribution in [-0.2, 0) is 14.3 Å². The minimum Gasteiger partial charge on any atom is -0.379 e. The van der Waals surface area contributed by atoms with Gasteiger partial charge in [0.25, 0.3) is 5.91 Å². The summed E-state index contributed by atoms with van der Waals surface area (Å²) in [4.78, 5) is 47.9. The number of fused-ring (bicyclic) bond motifs is 1. The monoisotopic (exact) mass is 534 g/mol. The third kappa shape index (κ3) is 5.34. The number of ether oxygens (including phenoxy) is 1. The Labute approximate surface area is 217 Å². The Morgan fingerprint density at radius 2 is 1.80 bits per heavy atom. The Morgan fingerprint density at radius 3 is 2.51 bits per heavy atom. The van der Waals surface area contributed by atoms with E-state index in [4.69, 9.17) is 16.3 Å². The highest BCUT2D eigenvalue weighted by Gasteiger charge is 2.31. The molecule has 2 aliphatic rings. The molecular weight excluding hydrogens is 511 g/mol. The van der Waals surface area contributed by atoms with Gasteiger partial charge in [-0.2, -0.15) is 0 Å². The Morgan fingerprint density at radius 1 is 1.09 bits per heavy atom. The number of carbonyl (C=O) groups excluding carboxylic acids is 3. The summed E-state index contributed by atoms with van der Waals surface area (Å²) >= 11 is 7.75. The quantitative estimate of drug-likeness (QED) is 0.444. The predicted octanol–water partition coefficient (Wildman–Crippen LogP) is 4.00. The van der Waals surface area contributed by atoms with Gasteiger partial charge in [-0.05, 0) is 30.3 Å². The fraction of sp³-hybridized carbons (Fsp3) is 0.333. The van der Waals surface area contributed by atoms with Crippen molar-refractivity contribution >= 4 is 74.1 Å². The van der Waals surface area contributed by atoms with E-state index in [1.807, 2.05) is 12.1 Å². The second-order valence-electron chi connectivity index (χ2n) is 8.17. The average Bonchev–Trinajstić information content (AvgIpc) is 3.43. The highest BCUT2D eigenvalue weighted by molar-refractivity contribution is 7.22. The van der Waals surface area contributed by atoms with Crippen molar-refractivity contribution in [3.63, 3.8) is 0 Å². The maximum atomic E-state index is 13.7. The number of anilines is 2. The van der Waals surface area contributed by atoms with Gasteiger partial charge in [-0.25, -0.2) is 4.98 Å². The van der Waals surface area contributed by atoms with Crippen LogP contribution in [-0.4, -0.2) is 67.0 Å². The molecule has 3 aromatic rings. The molecule has 5 rings (SSSR count). The number of imide groups is 1. The zero-order valence-electron chi connectivity index (χ0n) is 18.8.